The highest BCUT2D eigenvalue weighted by Gasteiger charge is 2.29. The number of hydrogen-bond donors (Lipinski definition) is 0. The first-order chi connectivity index (χ1) is 20.6. The second kappa shape index (κ2) is 20.4. The Hall–Kier alpha value is -2.53. The molecule has 2 aromatic rings. The van der Waals surface area contributed by atoms with Gasteiger partial charge in [-0.25, -0.2) is 4.79 Å². The predicted molar refractivity (Wildman–Crippen MR) is 162 cm³/mol. The Morgan fingerprint density at radius 2 is 1.12 bits per heavy atom. The van der Waals surface area contributed by atoms with Crippen LogP contribution in [0.5, 0.6) is 0 Å². The van der Waals surface area contributed by atoms with Crippen LogP contribution in [0.25, 0.3) is 11.1 Å². The number of carbonyl (C=O) groups excluding carboxylic acids is 1. The van der Waals surface area contributed by atoms with Crippen LogP contribution < -0.4 is 0 Å². The zero-order chi connectivity index (χ0) is 29.8. The van der Waals surface area contributed by atoms with Gasteiger partial charge in [0.2, 0.25) is 0 Å². The van der Waals surface area contributed by atoms with E-state index in [1.54, 1.807) is 11.9 Å². The lowest BCUT2D eigenvalue weighted by Gasteiger charge is -2.19. The lowest BCUT2D eigenvalue weighted by Crippen LogP contribution is -2.32. The molecule has 1 amide bonds. The minimum absolute atomic E-state index is 0.0501. The quantitative estimate of drug-likeness (QED) is 0.168. The zero-order valence-electron chi connectivity index (χ0n) is 25.6. The van der Waals surface area contributed by atoms with Gasteiger partial charge in [0.05, 0.1) is 72.7 Å². The summed E-state index contributed by atoms with van der Waals surface area (Å²) in [6.45, 7) is 11.5. The monoisotopic (exact) mass is 587 g/mol. The van der Waals surface area contributed by atoms with Crippen molar-refractivity contribution in [3.8, 4) is 11.1 Å². The minimum atomic E-state index is -0.354. The largest absolute Gasteiger partial charge is 0.448 e. The molecule has 234 valence electrons. The van der Waals surface area contributed by atoms with Crippen LogP contribution in [0, 0.1) is 5.92 Å². The van der Waals surface area contributed by atoms with Gasteiger partial charge in [0.25, 0.3) is 0 Å². The molecule has 9 heteroatoms. The number of hydrogen-bond acceptors (Lipinski definition) is 8. The van der Waals surface area contributed by atoms with Crippen molar-refractivity contribution in [1.82, 2.24) is 4.90 Å². The lowest BCUT2D eigenvalue weighted by atomic mass is 9.98. The van der Waals surface area contributed by atoms with Crippen LogP contribution in [0.4, 0.5) is 4.79 Å². The van der Waals surface area contributed by atoms with Crippen molar-refractivity contribution in [2.75, 3.05) is 99.5 Å². The first kappa shape index (κ1) is 34.0. The van der Waals surface area contributed by atoms with Gasteiger partial charge in [-0.15, -0.1) is 0 Å². The molecule has 1 unspecified atom stereocenters. The second-order valence-corrected chi connectivity index (χ2v) is 10.4. The van der Waals surface area contributed by atoms with Crippen molar-refractivity contribution in [3.05, 3.63) is 59.7 Å². The van der Waals surface area contributed by atoms with E-state index in [0.717, 1.165) is 13.0 Å². The molecule has 9 nitrogen and oxygen atoms in total. The maximum Gasteiger partial charge on any atom is 0.409 e. The van der Waals surface area contributed by atoms with Gasteiger partial charge in [-0.1, -0.05) is 68.8 Å². The Labute approximate surface area is 251 Å². The van der Waals surface area contributed by atoms with Crippen molar-refractivity contribution in [1.29, 1.82) is 0 Å². The Morgan fingerprint density at radius 3 is 1.60 bits per heavy atom. The van der Waals surface area contributed by atoms with Gasteiger partial charge in [0, 0.05) is 26.1 Å². The molecule has 2 aromatic carbocycles. The number of fused-ring (bicyclic) bond motifs is 3. The number of carbonyl (C=O) groups is 1. The molecule has 1 atom stereocenters. The van der Waals surface area contributed by atoms with Crippen LogP contribution in [0.15, 0.2) is 48.5 Å². The van der Waals surface area contributed by atoms with Crippen molar-refractivity contribution >= 4 is 6.09 Å². The van der Waals surface area contributed by atoms with E-state index in [2.05, 4.69) is 38.1 Å². The van der Waals surface area contributed by atoms with Crippen LogP contribution in [-0.2, 0) is 33.2 Å². The van der Waals surface area contributed by atoms with E-state index in [1.165, 1.54) is 22.3 Å². The van der Waals surface area contributed by atoms with Gasteiger partial charge in [0.15, 0.2) is 0 Å². The van der Waals surface area contributed by atoms with Gasteiger partial charge >= 0.3 is 6.09 Å². The molecular formula is C33H49NO8. The maximum atomic E-state index is 12.6. The third kappa shape index (κ3) is 12.0. The molecule has 0 aromatic heterocycles. The van der Waals surface area contributed by atoms with Crippen LogP contribution in [-0.4, -0.2) is 110 Å². The van der Waals surface area contributed by atoms with E-state index in [-0.39, 0.29) is 12.0 Å². The normalized spacial score (nSPS) is 13.1. The zero-order valence-corrected chi connectivity index (χ0v) is 25.6. The van der Waals surface area contributed by atoms with Gasteiger partial charge in [0.1, 0.15) is 6.61 Å². The maximum absolute atomic E-state index is 12.6. The average molecular weight is 588 g/mol. The summed E-state index contributed by atoms with van der Waals surface area (Å²) in [6.07, 6.45) is 0.775. The summed E-state index contributed by atoms with van der Waals surface area (Å²) < 4.78 is 38.8. The molecule has 0 heterocycles. The van der Waals surface area contributed by atoms with E-state index in [0.29, 0.717) is 91.7 Å². The van der Waals surface area contributed by atoms with Gasteiger partial charge < -0.3 is 38.1 Å². The molecule has 0 saturated heterocycles. The number of benzene rings is 2. The fourth-order valence-electron chi connectivity index (χ4n) is 4.50. The van der Waals surface area contributed by atoms with E-state index in [1.807, 2.05) is 24.3 Å². The number of likely N-dealkylation sites (N-methyl/N-ethyl adjacent to an activating group) is 1. The fourth-order valence-corrected chi connectivity index (χ4v) is 4.50. The average Bonchev–Trinajstić information content (AvgIpc) is 3.34. The summed E-state index contributed by atoms with van der Waals surface area (Å²) >= 11 is 0. The van der Waals surface area contributed by atoms with Crippen molar-refractivity contribution < 1.29 is 38.0 Å². The summed E-state index contributed by atoms with van der Waals surface area (Å²) in [4.78, 5) is 14.1. The Balaban J connectivity index is 1.10. The third-order valence-electron chi connectivity index (χ3n) is 7.18. The molecule has 1 aliphatic carbocycles. The lowest BCUT2D eigenvalue weighted by molar-refractivity contribution is -0.0186. The van der Waals surface area contributed by atoms with Crippen molar-refractivity contribution in [2.45, 2.75) is 26.2 Å². The summed E-state index contributed by atoms with van der Waals surface area (Å²) in [6, 6.07) is 16.6. The Bertz CT molecular complexity index is 974. The smallest absolute Gasteiger partial charge is 0.409 e. The molecule has 0 fully saturated rings. The van der Waals surface area contributed by atoms with Gasteiger partial charge in [-0.05, 0) is 28.2 Å². The highest BCUT2D eigenvalue weighted by molar-refractivity contribution is 5.79. The van der Waals surface area contributed by atoms with Crippen molar-refractivity contribution in [3.63, 3.8) is 0 Å². The molecule has 0 radical (unpaired) electrons. The van der Waals surface area contributed by atoms with E-state index in [9.17, 15) is 4.79 Å². The Kier molecular flexibility index (Phi) is 16.5. The van der Waals surface area contributed by atoms with E-state index >= 15 is 0 Å². The van der Waals surface area contributed by atoms with Crippen molar-refractivity contribution in [2.24, 2.45) is 5.92 Å². The summed E-state index contributed by atoms with van der Waals surface area (Å²) in [7, 11) is 1.72. The fraction of sp³-hybridized carbons (Fsp3) is 0.606. The highest BCUT2D eigenvalue weighted by atomic mass is 16.6. The molecule has 0 saturated carbocycles. The molecule has 3 rings (SSSR count). The van der Waals surface area contributed by atoms with Crippen LogP contribution >= 0.6 is 0 Å². The molecule has 42 heavy (non-hydrogen) atoms. The summed E-state index contributed by atoms with van der Waals surface area (Å²) in [5, 5.41) is 0. The summed E-state index contributed by atoms with van der Waals surface area (Å²) in [5.41, 5.74) is 4.83. The van der Waals surface area contributed by atoms with Crippen LogP contribution in [0.3, 0.4) is 0 Å². The second-order valence-electron chi connectivity index (χ2n) is 10.4. The first-order valence-corrected chi connectivity index (χ1v) is 15.1. The van der Waals surface area contributed by atoms with Gasteiger partial charge in [-0.2, -0.15) is 0 Å². The molecule has 0 N–H and O–H groups in total. The number of rotatable bonds is 23. The summed E-state index contributed by atoms with van der Waals surface area (Å²) in [5.74, 6) is 0.643. The first-order valence-electron chi connectivity index (χ1n) is 15.1. The predicted octanol–water partition coefficient (Wildman–Crippen LogP) is 5.01. The molecule has 1 aliphatic rings. The Morgan fingerprint density at radius 1 is 0.690 bits per heavy atom. The molecular weight excluding hydrogens is 538 g/mol. The number of ether oxygens (including phenoxy) is 7. The SMILES string of the molecule is CCC(C)COCCOCCOCCOCCOCCOCCN(C)C(=O)OCC1c2ccccc2-c2ccccc21. The molecule has 0 spiro atoms. The van der Waals surface area contributed by atoms with Crippen LogP contribution in [0.1, 0.15) is 37.3 Å². The standard InChI is InChI=1S/C33H49NO8/c1-4-27(2)25-41-24-23-40-22-21-39-20-19-38-18-17-37-16-15-36-14-13-34(3)33(35)42-26-32-30-11-7-5-9-28(30)29-10-6-8-12-31(29)32/h5-12,27,32H,4,13-26H2,1-3H3. The topological polar surface area (TPSA) is 84.9 Å². The highest BCUT2D eigenvalue weighted by Crippen LogP contribution is 2.44. The molecule has 0 aliphatic heterocycles. The van der Waals surface area contributed by atoms with Crippen LogP contribution in [0.2, 0.25) is 0 Å². The minimum Gasteiger partial charge on any atom is -0.448 e. The molecule has 0 bridgehead atoms. The third-order valence-corrected chi connectivity index (χ3v) is 7.18. The number of amides is 1. The van der Waals surface area contributed by atoms with E-state index < -0.39 is 0 Å². The van der Waals surface area contributed by atoms with Gasteiger partial charge in [-0.3, -0.25) is 0 Å². The van der Waals surface area contributed by atoms with E-state index in [4.69, 9.17) is 33.2 Å². The number of nitrogens with zero attached hydrogens (tertiary/aromatic N) is 1.